The van der Waals surface area contributed by atoms with E-state index in [4.69, 9.17) is 11.6 Å². The van der Waals surface area contributed by atoms with Crippen molar-refractivity contribution in [3.8, 4) is 0 Å². The SMILES string of the molecule is CCn1cc(NC(=O)c2cc(Cl)n(C)c2)ccc1=O. The first-order chi connectivity index (χ1) is 9.01. The third kappa shape index (κ3) is 2.88. The summed E-state index contributed by atoms with van der Waals surface area (Å²) in [5.41, 5.74) is 0.955. The van der Waals surface area contributed by atoms with Gasteiger partial charge in [-0.2, -0.15) is 0 Å². The summed E-state index contributed by atoms with van der Waals surface area (Å²) < 4.78 is 3.18. The highest BCUT2D eigenvalue weighted by atomic mass is 35.5. The van der Waals surface area contributed by atoms with Crippen molar-refractivity contribution in [2.24, 2.45) is 7.05 Å². The number of nitrogens with one attached hydrogen (secondary N) is 1. The van der Waals surface area contributed by atoms with Gasteiger partial charge >= 0.3 is 0 Å². The highest BCUT2D eigenvalue weighted by molar-refractivity contribution is 6.30. The van der Waals surface area contributed by atoms with Gasteiger partial charge in [-0.25, -0.2) is 0 Å². The molecule has 2 aromatic rings. The highest BCUT2D eigenvalue weighted by Gasteiger charge is 2.10. The third-order valence-corrected chi connectivity index (χ3v) is 3.16. The second kappa shape index (κ2) is 5.32. The van der Waals surface area contributed by atoms with E-state index in [1.165, 1.54) is 10.6 Å². The molecule has 0 aliphatic rings. The normalized spacial score (nSPS) is 10.5. The molecule has 0 fully saturated rings. The Kier molecular flexibility index (Phi) is 3.76. The molecule has 0 aromatic carbocycles. The molecule has 0 unspecified atom stereocenters. The number of pyridine rings is 1. The molecule has 0 saturated heterocycles. The molecule has 1 amide bonds. The molecule has 2 rings (SSSR count). The number of anilines is 1. The largest absolute Gasteiger partial charge is 0.341 e. The number of carbonyl (C=O) groups is 1. The van der Waals surface area contributed by atoms with E-state index in [1.807, 2.05) is 6.92 Å². The van der Waals surface area contributed by atoms with Crippen LogP contribution in [0.4, 0.5) is 5.69 Å². The van der Waals surface area contributed by atoms with Crippen LogP contribution in [0, 0.1) is 0 Å². The third-order valence-electron chi connectivity index (χ3n) is 2.79. The number of rotatable bonds is 3. The molecule has 0 atom stereocenters. The van der Waals surface area contributed by atoms with Crippen molar-refractivity contribution in [3.63, 3.8) is 0 Å². The number of aryl methyl sites for hydroxylation is 2. The molecule has 2 aromatic heterocycles. The molecule has 2 heterocycles. The Bertz CT molecular complexity index is 653. The topological polar surface area (TPSA) is 56.0 Å². The molecule has 0 saturated carbocycles. The van der Waals surface area contributed by atoms with Crippen LogP contribution in [0.15, 0.2) is 35.4 Å². The summed E-state index contributed by atoms with van der Waals surface area (Å²) in [6.45, 7) is 2.42. The number of nitrogens with zero attached hydrogens (tertiary/aromatic N) is 2. The van der Waals surface area contributed by atoms with Crippen LogP contribution in [0.1, 0.15) is 17.3 Å². The second-order valence-corrected chi connectivity index (χ2v) is 4.55. The minimum absolute atomic E-state index is 0.0942. The lowest BCUT2D eigenvalue weighted by Crippen LogP contribution is -2.19. The van der Waals surface area contributed by atoms with E-state index in [-0.39, 0.29) is 11.5 Å². The molecular formula is C13H14ClN3O2. The summed E-state index contributed by atoms with van der Waals surface area (Å²) in [5, 5.41) is 3.22. The fraction of sp³-hybridized carbons (Fsp3) is 0.231. The van der Waals surface area contributed by atoms with Crippen molar-refractivity contribution >= 4 is 23.2 Å². The van der Waals surface area contributed by atoms with E-state index in [0.717, 1.165) is 0 Å². The molecular weight excluding hydrogens is 266 g/mol. The standard InChI is InChI=1S/C13H14ClN3O2/c1-3-17-8-10(4-5-12(17)18)15-13(19)9-6-11(14)16(2)7-9/h4-8H,3H2,1-2H3,(H,15,19). The highest BCUT2D eigenvalue weighted by Crippen LogP contribution is 2.14. The zero-order valence-electron chi connectivity index (χ0n) is 10.7. The Balaban J connectivity index is 2.21. The Hall–Kier alpha value is -2.01. The van der Waals surface area contributed by atoms with Crippen molar-refractivity contribution in [1.29, 1.82) is 0 Å². The van der Waals surface area contributed by atoms with Crippen molar-refractivity contribution < 1.29 is 4.79 Å². The summed E-state index contributed by atoms with van der Waals surface area (Å²) in [5.74, 6) is -0.260. The van der Waals surface area contributed by atoms with Crippen molar-refractivity contribution in [3.05, 3.63) is 51.7 Å². The van der Waals surface area contributed by atoms with Crippen molar-refractivity contribution in [2.45, 2.75) is 13.5 Å². The van der Waals surface area contributed by atoms with Crippen LogP contribution < -0.4 is 10.9 Å². The van der Waals surface area contributed by atoms with Crippen molar-refractivity contribution in [1.82, 2.24) is 9.13 Å². The number of halogens is 1. The minimum Gasteiger partial charge on any atom is -0.341 e. The summed E-state index contributed by atoms with van der Waals surface area (Å²) in [6, 6.07) is 4.60. The summed E-state index contributed by atoms with van der Waals surface area (Å²) in [7, 11) is 1.76. The Labute approximate surface area is 115 Å². The molecule has 0 bridgehead atoms. The molecule has 0 aliphatic heterocycles. The van der Waals surface area contributed by atoms with E-state index in [2.05, 4.69) is 5.32 Å². The van der Waals surface area contributed by atoms with Gasteiger partial charge in [0.2, 0.25) is 0 Å². The van der Waals surface area contributed by atoms with Gasteiger partial charge in [0, 0.05) is 32.1 Å². The number of carbonyl (C=O) groups excluding carboxylic acids is 1. The lowest BCUT2D eigenvalue weighted by Gasteiger charge is -2.06. The Morgan fingerprint density at radius 1 is 1.37 bits per heavy atom. The summed E-state index contributed by atoms with van der Waals surface area (Å²) >= 11 is 5.88. The molecule has 1 N–H and O–H groups in total. The zero-order chi connectivity index (χ0) is 14.0. The van der Waals surface area contributed by atoms with E-state index in [1.54, 1.807) is 36.1 Å². The molecule has 0 aliphatic carbocycles. The summed E-state index contributed by atoms with van der Waals surface area (Å²) in [4.78, 5) is 23.4. The van der Waals surface area contributed by atoms with Crippen LogP contribution in [-0.2, 0) is 13.6 Å². The monoisotopic (exact) mass is 279 g/mol. The van der Waals surface area contributed by atoms with E-state index in [9.17, 15) is 9.59 Å². The van der Waals surface area contributed by atoms with Crippen LogP contribution >= 0.6 is 11.6 Å². The average molecular weight is 280 g/mol. The lowest BCUT2D eigenvalue weighted by molar-refractivity contribution is 0.102. The Morgan fingerprint density at radius 3 is 2.68 bits per heavy atom. The molecule has 19 heavy (non-hydrogen) atoms. The second-order valence-electron chi connectivity index (χ2n) is 4.16. The van der Waals surface area contributed by atoms with Gasteiger partial charge in [-0.1, -0.05) is 11.6 Å². The molecule has 0 spiro atoms. The number of hydrogen-bond acceptors (Lipinski definition) is 2. The van der Waals surface area contributed by atoms with E-state index in [0.29, 0.717) is 22.9 Å². The predicted octanol–water partition coefficient (Wildman–Crippen LogP) is 2.11. The average Bonchev–Trinajstić information content (AvgIpc) is 2.72. The molecule has 0 radical (unpaired) electrons. The molecule has 6 heteroatoms. The van der Waals surface area contributed by atoms with Crippen LogP contribution in [0.25, 0.3) is 0 Å². The minimum atomic E-state index is -0.260. The van der Waals surface area contributed by atoms with Gasteiger partial charge in [-0.05, 0) is 19.1 Å². The number of hydrogen-bond donors (Lipinski definition) is 1. The molecule has 100 valence electrons. The number of aromatic nitrogens is 2. The Morgan fingerprint density at radius 2 is 2.11 bits per heavy atom. The maximum absolute atomic E-state index is 12.0. The van der Waals surface area contributed by atoms with Gasteiger partial charge in [0.15, 0.2) is 0 Å². The van der Waals surface area contributed by atoms with Gasteiger partial charge < -0.3 is 14.5 Å². The maximum atomic E-state index is 12.0. The zero-order valence-corrected chi connectivity index (χ0v) is 11.4. The maximum Gasteiger partial charge on any atom is 0.257 e. The fourth-order valence-corrected chi connectivity index (χ4v) is 1.88. The van der Waals surface area contributed by atoms with E-state index >= 15 is 0 Å². The first kappa shape index (κ1) is 13.4. The van der Waals surface area contributed by atoms with E-state index < -0.39 is 0 Å². The summed E-state index contributed by atoms with van der Waals surface area (Å²) in [6.07, 6.45) is 3.26. The van der Waals surface area contributed by atoms with Crippen molar-refractivity contribution in [2.75, 3.05) is 5.32 Å². The van der Waals surface area contributed by atoms with Gasteiger partial charge in [0.1, 0.15) is 5.15 Å². The first-order valence-electron chi connectivity index (χ1n) is 5.85. The smallest absolute Gasteiger partial charge is 0.257 e. The lowest BCUT2D eigenvalue weighted by atomic mass is 10.3. The quantitative estimate of drug-likeness (QED) is 0.935. The van der Waals surface area contributed by atoms with Crippen LogP contribution in [0.2, 0.25) is 5.15 Å². The van der Waals surface area contributed by atoms with Gasteiger partial charge in [-0.3, -0.25) is 9.59 Å². The van der Waals surface area contributed by atoms with Crippen LogP contribution in [0.5, 0.6) is 0 Å². The molecule has 5 nitrogen and oxygen atoms in total. The first-order valence-corrected chi connectivity index (χ1v) is 6.22. The number of amides is 1. The fourth-order valence-electron chi connectivity index (χ4n) is 1.72. The van der Waals surface area contributed by atoms with Gasteiger partial charge in [-0.15, -0.1) is 0 Å². The van der Waals surface area contributed by atoms with Crippen LogP contribution in [-0.4, -0.2) is 15.0 Å². The van der Waals surface area contributed by atoms with Gasteiger partial charge in [0.25, 0.3) is 11.5 Å². The predicted molar refractivity (Wildman–Crippen MR) is 74.8 cm³/mol. The van der Waals surface area contributed by atoms with Crippen LogP contribution in [0.3, 0.4) is 0 Å². The van der Waals surface area contributed by atoms with Gasteiger partial charge in [0.05, 0.1) is 11.3 Å².